The number of allylic oxidation sites excluding steroid dienone is 1. The number of hydrogen-bond acceptors (Lipinski definition) is 1. The summed E-state index contributed by atoms with van der Waals surface area (Å²) in [5.74, 6) is 0. The molecule has 0 aromatic heterocycles. The summed E-state index contributed by atoms with van der Waals surface area (Å²) in [6.07, 6.45) is 14.6. The molecule has 1 heteroatoms. The van der Waals surface area contributed by atoms with Gasteiger partial charge in [0.25, 0.3) is 0 Å². The third-order valence-electron chi connectivity index (χ3n) is 2.76. The summed E-state index contributed by atoms with van der Waals surface area (Å²) in [4.78, 5) is 0. The fourth-order valence-corrected chi connectivity index (χ4v) is 1.71. The first-order chi connectivity index (χ1) is 6.88. The lowest BCUT2D eigenvalue weighted by Gasteiger charge is -1.92. The zero-order chi connectivity index (χ0) is 10.2. The maximum Gasteiger partial charge on any atom is 0.102 e. The van der Waals surface area contributed by atoms with Crippen LogP contribution in [0, 0.1) is 0 Å². The molecule has 0 aromatic rings. The van der Waals surface area contributed by atoms with Gasteiger partial charge < -0.3 is 4.74 Å². The van der Waals surface area contributed by atoms with Crippen molar-refractivity contribution in [3.8, 4) is 0 Å². The Labute approximate surface area is 88.5 Å². The minimum atomic E-state index is 0.462. The summed E-state index contributed by atoms with van der Waals surface area (Å²) in [5, 5.41) is 0. The van der Waals surface area contributed by atoms with Crippen LogP contribution in [0.4, 0.5) is 0 Å². The topological polar surface area (TPSA) is 12.5 Å². The molecule has 0 aromatic carbocycles. The van der Waals surface area contributed by atoms with Gasteiger partial charge in [-0.3, -0.25) is 0 Å². The number of epoxide rings is 1. The quantitative estimate of drug-likeness (QED) is 0.324. The summed E-state index contributed by atoms with van der Waals surface area (Å²) < 4.78 is 5.56. The second kappa shape index (κ2) is 7.05. The van der Waals surface area contributed by atoms with Crippen LogP contribution in [0.2, 0.25) is 0 Å². The zero-order valence-corrected chi connectivity index (χ0v) is 9.67. The van der Waals surface area contributed by atoms with Crippen LogP contribution in [0.3, 0.4) is 0 Å². The van der Waals surface area contributed by atoms with Gasteiger partial charge in [-0.1, -0.05) is 58.1 Å². The molecule has 1 aliphatic rings. The first-order valence-corrected chi connectivity index (χ1v) is 6.20. The van der Waals surface area contributed by atoms with E-state index < -0.39 is 0 Å². The molecule has 82 valence electrons. The fraction of sp³-hybridized carbons (Fsp3) is 0.846. The lowest BCUT2D eigenvalue weighted by atomic mass is 10.1. The molecule has 1 saturated heterocycles. The highest BCUT2D eigenvalue weighted by atomic mass is 16.6. The van der Waals surface area contributed by atoms with Crippen molar-refractivity contribution in [3.63, 3.8) is 0 Å². The standard InChI is InChI=1S/C13H24O/c1-3-5-7-9-11-13-12(14-13)10-8-6-4-2/h9,11-13H,3-8,10H2,1-2H3/b11-9+/t12-,13-/m1/s1. The first-order valence-electron chi connectivity index (χ1n) is 6.20. The van der Waals surface area contributed by atoms with Crippen LogP contribution < -0.4 is 0 Å². The molecule has 1 aliphatic heterocycles. The molecule has 0 N–H and O–H groups in total. The van der Waals surface area contributed by atoms with E-state index in [2.05, 4.69) is 26.0 Å². The second-order valence-electron chi connectivity index (χ2n) is 4.21. The second-order valence-corrected chi connectivity index (χ2v) is 4.21. The van der Waals surface area contributed by atoms with Gasteiger partial charge in [-0.2, -0.15) is 0 Å². The molecular weight excluding hydrogens is 172 g/mol. The van der Waals surface area contributed by atoms with Gasteiger partial charge in [0.15, 0.2) is 0 Å². The summed E-state index contributed by atoms with van der Waals surface area (Å²) >= 11 is 0. The van der Waals surface area contributed by atoms with E-state index in [0.717, 1.165) is 0 Å². The van der Waals surface area contributed by atoms with Crippen molar-refractivity contribution in [2.24, 2.45) is 0 Å². The van der Waals surface area contributed by atoms with Crippen molar-refractivity contribution in [1.29, 1.82) is 0 Å². The molecule has 14 heavy (non-hydrogen) atoms. The lowest BCUT2D eigenvalue weighted by Crippen LogP contribution is -1.90. The Bertz CT molecular complexity index is 163. The van der Waals surface area contributed by atoms with Crippen LogP contribution in [-0.4, -0.2) is 12.2 Å². The average Bonchev–Trinajstić information content (AvgIpc) is 2.92. The molecule has 1 rings (SSSR count). The molecule has 2 atom stereocenters. The number of hydrogen-bond donors (Lipinski definition) is 0. The Morgan fingerprint density at radius 1 is 1.07 bits per heavy atom. The van der Waals surface area contributed by atoms with E-state index in [0.29, 0.717) is 12.2 Å². The molecule has 0 saturated carbocycles. The Hall–Kier alpha value is -0.300. The molecule has 0 unspecified atom stereocenters. The number of unbranched alkanes of at least 4 members (excludes halogenated alkanes) is 4. The van der Waals surface area contributed by atoms with Crippen molar-refractivity contribution in [2.75, 3.05) is 0 Å². The lowest BCUT2D eigenvalue weighted by molar-refractivity contribution is 0.373. The molecule has 0 bridgehead atoms. The van der Waals surface area contributed by atoms with Crippen molar-refractivity contribution < 1.29 is 4.74 Å². The Kier molecular flexibility index (Phi) is 5.93. The van der Waals surface area contributed by atoms with Crippen LogP contribution in [-0.2, 0) is 4.74 Å². The molecule has 1 fully saturated rings. The summed E-state index contributed by atoms with van der Waals surface area (Å²) in [6, 6.07) is 0. The SMILES string of the molecule is CCCC/C=C/[C@H]1O[C@@H]1CCCCC. The highest BCUT2D eigenvalue weighted by Crippen LogP contribution is 2.28. The van der Waals surface area contributed by atoms with Crippen molar-refractivity contribution in [1.82, 2.24) is 0 Å². The summed E-state index contributed by atoms with van der Waals surface area (Å²) in [5.41, 5.74) is 0. The summed E-state index contributed by atoms with van der Waals surface area (Å²) in [7, 11) is 0. The van der Waals surface area contributed by atoms with Crippen molar-refractivity contribution in [2.45, 2.75) is 71.0 Å². The maximum absolute atomic E-state index is 5.56. The van der Waals surface area contributed by atoms with E-state index in [1.165, 1.54) is 44.9 Å². The predicted molar refractivity (Wildman–Crippen MR) is 61.5 cm³/mol. The van der Waals surface area contributed by atoms with E-state index in [9.17, 15) is 0 Å². The predicted octanol–water partition coefficient (Wildman–Crippen LogP) is 4.08. The first kappa shape index (κ1) is 11.8. The van der Waals surface area contributed by atoms with Gasteiger partial charge in [0, 0.05) is 0 Å². The van der Waals surface area contributed by atoms with Crippen LogP contribution in [0.5, 0.6) is 0 Å². The van der Waals surface area contributed by atoms with E-state index in [4.69, 9.17) is 4.74 Å². The molecule has 1 nitrogen and oxygen atoms in total. The van der Waals surface area contributed by atoms with Gasteiger partial charge in [0.2, 0.25) is 0 Å². The number of rotatable bonds is 8. The Morgan fingerprint density at radius 3 is 2.57 bits per heavy atom. The minimum Gasteiger partial charge on any atom is -0.365 e. The van der Waals surface area contributed by atoms with Crippen LogP contribution in [0.15, 0.2) is 12.2 Å². The molecule has 0 radical (unpaired) electrons. The highest BCUT2D eigenvalue weighted by molar-refractivity contribution is 5.02. The van der Waals surface area contributed by atoms with E-state index in [1.807, 2.05) is 0 Å². The Balaban J connectivity index is 1.94. The van der Waals surface area contributed by atoms with Gasteiger partial charge in [-0.25, -0.2) is 0 Å². The molecular formula is C13H24O. The van der Waals surface area contributed by atoms with Crippen molar-refractivity contribution in [3.05, 3.63) is 12.2 Å². The van der Waals surface area contributed by atoms with Gasteiger partial charge in [0.1, 0.15) is 6.10 Å². The smallest absolute Gasteiger partial charge is 0.102 e. The fourth-order valence-electron chi connectivity index (χ4n) is 1.71. The monoisotopic (exact) mass is 196 g/mol. The largest absolute Gasteiger partial charge is 0.365 e. The third kappa shape index (κ3) is 4.80. The van der Waals surface area contributed by atoms with Gasteiger partial charge >= 0.3 is 0 Å². The average molecular weight is 196 g/mol. The van der Waals surface area contributed by atoms with Gasteiger partial charge in [0.05, 0.1) is 6.10 Å². The van der Waals surface area contributed by atoms with Crippen molar-refractivity contribution >= 4 is 0 Å². The molecule has 0 aliphatic carbocycles. The minimum absolute atomic E-state index is 0.462. The summed E-state index contributed by atoms with van der Waals surface area (Å²) in [6.45, 7) is 4.48. The maximum atomic E-state index is 5.56. The number of ether oxygens (including phenoxy) is 1. The van der Waals surface area contributed by atoms with Crippen LogP contribution >= 0.6 is 0 Å². The zero-order valence-electron chi connectivity index (χ0n) is 9.67. The van der Waals surface area contributed by atoms with E-state index in [1.54, 1.807) is 0 Å². The highest BCUT2D eigenvalue weighted by Gasteiger charge is 2.35. The molecule has 1 heterocycles. The Morgan fingerprint density at radius 2 is 1.86 bits per heavy atom. The third-order valence-corrected chi connectivity index (χ3v) is 2.76. The van der Waals surface area contributed by atoms with Gasteiger partial charge in [-0.15, -0.1) is 0 Å². The van der Waals surface area contributed by atoms with Crippen LogP contribution in [0.1, 0.15) is 58.8 Å². The van der Waals surface area contributed by atoms with E-state index >= 15 is 0 Å². The van der Waals surface area contributed by atoms with Crippen LogP contribution in [0.25, 0.3) is 0 Å². The van der Waals surface area contributed by atoms with E-state index in [-0.39, 0.29) is 0 Å². The molecule has 0 amide bonds. The molecule has 0 spiro atoms. The van der Waals surface area contributed by atoms with Gasteiger partial charge in [-0.05, 0) is 12.8 Å². The normalized spacial score (nSPS) is 25.9.